The summed E-state index contributed by atoms with van der Waals surface area (Å²) in [6.07, 6.45) is -3.30. The van der Waals surface area contributed by atoms with Gasteiger partial charge in [0.15, 0.2) is 5.96 Å². The Morgan fingerprint density at radius 2 is 1.83 bits per heavy atom. The lowest BCUT2D eigenvalue weighted by molar-refractivity contribution is -0.123. The third-order valence-electron chi connectivity index (χ3n) is 6.21. The number of carbonyl (C=O) groups is 2. The smallest absolute Gasteiger partial charge is 0.407 e. The number of hydrogen-bond acceptors (Lipinski definition) is 7. The second-order valence-corrected chi connectivity index (χ2v) is 9.81. The molecule has 1 aromatic heterocycles. The Labute approximate surface area is 273 Å². The molecule has 0 aliphatic carbocycles. The van der Waals surface area contributed by atoms with Crippen molar-refractivity contribution in [2.75, 3.05) is 24.7 Å². The molecule has 20 heteroatoms. The zero-order valence-corrected chi connectivity index (χ0v) is 25.5. The van der Waals surface area contributed by atoms with Crippen molar-refractivity contribution >= 4 is 48.3 Å². The lowest BCUT2D eigenvalue weighted by Crippen LogP contribution is -2.46. The number of aromatic nitrogens is 2. The van der Waals surface area contributed by atoms with Gasteiger partial charge >= 0.3 is 25.4 Å². The lowest BCUT2D eigenvalue weighted by Gasteiger charge is -2.32. The number of nitrogens with zero attached hydrogens (tertiary/aromatic N) is 7. The first kappa shape index (κ1) is 37.3. The molecule has 2 aromatic carbocycles. The van der Waals surface area contributed by atoms with Crippen molar-refractivity contribution in [3.63, 3.8) is 0 Å². The van der Waals surface area contributed by atoms with Crippen molar-refractivity contribution in [1.29, 1.82) is 0 Å². The maximum absolute atomic E-state index is 14.0. The van der Waals surface area contributed by atoms with Crippen LogP contribution in [0, 0.1) is 0 Å². The molecule has 0 saturated heterocycles. The van der Waals surface area contributed by atoms with Crippen LogP contribution in [0.1, 0.15) is 35.4 Å². The van der Waals surface area contributed by atoms with Crippen LogP contribution in [0.15, 0.2) is 69.9 Å². The highest BCUT2D eigenvalue weighted by atomic mass is 35.5. The number of aliphatic imine (C=N–C) groups is 2. The zero-order chi connectivity index (χ0) is 35.6. The predicted molar refractivity (Wildman–Crippen MR) is 163 cm³/mol. The fraction of sp³-hybridized carbons (Fsp3) is 0.286. The molecule has 1 heterocycles. The van der Waals surface area contributed by atoms with Crippen molar-refractivity contribution in [2.24, 2.45) is 20.8 Å². The number of nitrogens with two attached hydrogens (primary N) is 1. The molecule has 0 radical (unpaired) electrons. The van der Waals surface area contributed by atoms with Gasteiger partial charge in [-0.25, -0.2) is 14.5 Å². The average molecular weight is 706 g/mol. The van der Waals surface area contributed by atoms with Crippen LogP contribution in [0.25, 0.3) is 11.1 Å². The minimum absolute atomic E-state index is 0.0379. The number of hydrogen-bond donors (Lipinski definition) is 2. The van der Waals surface area contributed by atoms with Crippen molar-refractivity contribution in [1.82, 2.24) is 20.0 Å². The molecule has 48 heavy (non-hydrogen) atoms. The van der Waals surface area contributed by atoms with E-state index in [9.17, 15) is 40.3 Å². The largest absolute Gasteiger partial charge is 0.447 e. The van der Waals surface area contributed by atoms with Gasteiger partial charge in [0.25, 0.3) is 5.91 Å². The molecule has 0 aliphatic rings. The Hall–Kier alpha value is -5.20. The number of benzene rings is 2. The first-order valence-electron chi connectivity index (χ1n) is 13.6. The van der Waals surface area contributed by atoms with E-state index in [1.54, 1.807) is 6.92 Å². The summed E-state index contributed by atoms with van der Waals surface area (Å²) >= 11 is 6.19. The Bertz CT molecular complexity index is 1630. The van der Waals surface area contributed by atoms with Gasteiger partial charge in [-0.1, -0.05) is 29.8 Å². The number of hydrazone groups is 1. The van der Waals surface area contributed by atoms with Crippen LogP contribution in [-0.4, -0.2) is 78.1 Å². The first-order valence-corrected chi connectivity index (χ1v) is 13.9. The number of rotatable bonds is 13. The van der Waals surface area contributed by atoms with E-state index in [1.807, 2.05) is 0 Å². The molecule has 1 atom stereocenters. The normalized spacial score (nSPS) is 12.8. The summed E-state index contributed by atoms with van der Waals surface area (Å²) < 4.78 is 97.4. The second kappa shape index (κ2) is 16.6. The molecule has 3 N–H and O–H groups in total. The minimum Gasteiger partial charge on any atom is -0.447 e. The first-order chi connectivity index (χ1) is 22.7. The van der Waals surface area contributed by atoms with Crippen LogP contribution in [0.5, 0.6) is 0 Å². The van der Waals surface area contributed by atoms with E-state index in [0.717, 1.165) is 17.2 Å². The molecule has 0 bridgehead atoms. The molecule has 258 valence electrons. The summed E-state index contributed by atoms with van der Waals surface area (Å²) in [7, 11) is 0. The molecule has 0 unspecified atom stereocenters. The van der Waals surface area contributed by atoms with Crippen LogP contribution in [-0.2, 0) is 4.74 Å². The maximum Gasteiger partial charge on any atom is 0.407 e. The van der Waals surface area contributed by atoms with Gasteiger partial charge in [-0.15, -0.1) is 0 Å². The van der Waals surface area contributed by atoms with E-state index in [4.69, 9.17) is 22.1 Å². The van der Waals surface area contributed by atoms with Crippen LogP contribution in [0.4, 0.5) is 41.2 Å². The summed E-state index contributed by atoms with van der Waals surface area (Å²) in [6.45, 7) is -3.98. The number of ether oxygens (including phenoxy) is 1. The molecule has 3 aromatic rings. The van der Waals surface area contributed by atoms with E-state index in [1.165, 1.54) is 47.9 Å². The predicted octanol–water partition coefficient (Wildman–Crippen LogP) is 6.08. The SMILES string of the molecule is C=N/C=N\N(c1cc([C@@H](COC(=O)NCC(F)(F)F)N(C(=O)c2ccc(-c3cnn(C(F)F)c3)cc2)C(N)=NCC)ccc1Cl)C(F)F. The highest BCUT2D eigenvalue weighted by molar-refractivity contribution is 6.33. The molecule has 0 fully saturated rings. The number of alkyl halides is 7. The van der Waals surface area contributed by atoms with Crippen LogP contribution < -0.4 is 16.1 Å². The summed E-state index contributed by atoms with van der Waals surface area (Å²) in [6, 6.07) is 7.50. The third-order valence-corrected chi connectivity index (χ3v) is 6.53. The highest BCUT2D eigenvalue weighted by Gasteiger charge is 2.33. The maximum atomic E-state index is 14.0. The van der Waals surface area contributed by atoms with Gasteiger partial charge in [-0.3, -0.25) is 19.7 Å². The lowest BCUT2D eigenvalue weighted by atomic mass is 10.0. The van der Waals surface area contributed by atoms with Crippen molar-refractivity contribution in [2.45, 2.75) is 32.2 Å². The Morgan fingerprint density at radius 1 is 1.15 bits per heavy atom. The number of amides is 2. The van der Waals surface area contributed by atoms with Gasteiger partial charge in [-0.05, 0) is 49.0 Å². The van der Waals surface area contributed by atoms with Crippen molar-refractivity contribution in [3.8, 4) is 11.1 Å². The molecular formula is C28H27ClF7N9O3. The number of carbonyl (C=O) groups excluding carboxylic acids is 2. The fourth-order valence-corrected chi connectivity index (χ4v) is 4.31. The van der Waals surface area contributed by atoms with E-state index in [2.05, 4.69) is 26.9 Å². The summed E-state index contributed by atoms with van der Waals surface area (Å²) in [5.74, 6) is -1.31. The van der Waals surface area contributed by atoms with E-state index >= 15 is 0 Å². The molecule has 2 amide bonds. The quantitative estimate of drug-likeness (QED) is 0.0726. The Kier molecular flexibility index (Phi) is 12.9. The summed E-state index contributed by atoms with van der Waals surface area (Å²) in [5, 5.41) is 8.53. The highest BCUT2D eigenvalue weighted by Crippen LogP contribution is 2.34. The van der Waals surface area contributed by atoms with Crippen LogP contribution >= 0.6 is 11.6 Å². The van der Waals surface area contributed by atoms with E-state index in [0.29, 0.717) is 22.1 Å². The van der Waals surface area contributed by atoms with Gasteiger partial charge in [-0.2, -0.15) is 40.9 Å². The summed E-state index contributed by atoms with van der Waals surface area (Å²) in [5.41, 5.74) is 6.42. The van der Waals surface area contributed by atoms with Gasteiger partial charge in [0.2, 0.25) is 0 Å². The van der Waals surface area contributed by atoms with Crippen LogP contribution in [0.3, 0.4) is 0 Å². The topological polar surface area (TPSA) is 143 Å². The summed E-state index contributed by atoms with van der Waals surface area (Å²) in [4.78, 5) is 34.4. The molecular weight excluding hydrogens is 679 g/mol. The second-order valence-electron chi connectivity index (χ2n) is 9.40. The van der Waals surface area contributed by atoms with Crippen molar-refractivity contribution in [3.05, 3.63) is 71.0 Å². The third kappa shape index (κ3) is 9.90. The average Bonchev–Trinajstić information content (AvgIpc) is 3.53. The van der Waals surface area contributed by atoms with E-state index in [-0.39, 0.29) is 27.7 Å². The molecule has 3 rings (SSSR count). The number of anilines is 1. The van der Waals surface area contributed by atoms with Gasteiger partial charge in [0, 0.05) is 23.9 Å². The van der Waals surface area contributed by atoms with Crippen molar-refractivity contribution < 1.29 is 45.1 Å². The van der Waals surface area contributed by atoms with Gasteiger partial charge < -0.3 is 15.8 Å². The Balaban J connectivity index is 2.11. The zero-order valence-electron chi connectivity index (χ0n) is 24.8. The number of alkyl carbamates (subject to hydrolysis) is 1. The molecule has 0 aliphatic heterocycles. The molecule has 0 saturated carbocycles. The standard InChI is InChI=1S/C28H27ClF7N9O3/c1-3-39-26(37)44(23(46)17-6-4-16(5-7-17)19-11-41-43(12-19)24(30)31)22(13-48-27(47)40-14-28(34,35)36)18-8-9-20(29)21(10-18)45(25(32)33)42-15-38-2/h4-12,15,22,24-25H,2-3,13-14H2,1H3,(H2,37,39)(H,40,47)/b42-15-/t22-/m1/s1. The number of halogens is 8. The van der Waals surface area contributed by atoms with Gasteiger partial charge in [0.1, 0.15) is 19.5 Å². The number of nitrogens with one attached hydrogen (secondary N) is 1. The van der Waals surface area contributed by atoms with E-state index < -0.39 is 62.1 Å². The number of guanidine groups is 1. The van der Waals surface area contributed by atoms with Gasteiger partial charge in [0.05, 0.1) is 22.9 Å². The molecule has 0 spiro atoms. The molecule has 12 nitrogen and oxygen atoms in total. The van der Waals surface area contributed by atoms with Crippen LogP contribution in [0.2, 0.25) is 5.02 Å². The Morgan fingerprint density at radius 3 is 2.40 bits per heavy atom. The fourth-order valence-electron chi connectivity index (χ4n) is 4.10. The minimum atomic E-state index is -4.77. The monoisotopic (exact) mass is 705 g/mol.